The summed E-state index contributed by atoms with van der Waals surface area (Å²) in [7, 11) is 0. The Labute approximate surface area is 90.0 Å². The van der Waals surface area contributed by atoms with E-state index in [1.807, 2.05) is 12.3 Å². The van der Waals surface area contributed by atoms with Crippen LogP contribution in [-0.4, -0.2) is 10.1 Å². The van der Waals surface area contributed by atoms with Gasteiger partial charge in [0.1, 0.15) is 6.10 Å². The van der Waals surface area contributed by atoms with Gasteiger partial charge in [0.15, 0.2) is 5.22 Å². The van der Waals surface area contributed by atoms with Crippen LogP contribution in [0.5, 0.6) is 0 Å². The number of thiazole rings is 1. The van der Waals surface area contributed by atoms with Crippen LogP contribution in [0.4, 0.5) is 0 Å². The largest absolute Gasteiger partial charge is 0.453 e. The molecule has 0 bridgehead atoms. The number of hydrogen-bond acceptors (Lipinski definition) is 4. The molecule has 0 aliphatic rings. The molecule has 2 aromatic rings. The lowest BCUT2D eigenvalue weighted by molar-refractivity contribution is 0.215. The van der Waals surface area contributed by atoms with Gasteiger partial charge < -0.3 is 9.52 Å². The molecule has 3 nitrogen and oxygen atoms in total. The van der Waals surface area contributed by atoms with Crippen LogP contribution in [-0.2, 0) is 0 Å². The molecule has 2 heterocycles. The van der Waals surface area contributed by atoms with E-state index in [1.165, 1.54) is 17.6 Å². The first kappa shape index (κ1) is 9.71. The number of aliphatic hydroxyl groups is 1. The first-order valence-corrected chi connectivity index (χ1v) is 5.27. The summed E-state index contributed by atoms with van der Waals surface area (Å²) < 4.78 is 4.89. The topological polar surface area (TPSA) is 46.3 Å². The molecule has 0 aliphatic carbocycles. The van der Waals surface area contributed by atoms with E-state index >= 15 is 0 Å². The van der Waals surface area contributed by atoms with Gasteiger partial charge in [-0.3, -0.25) is 0 Å². The molecule has 5 heteroatoms. The third-order valence-corrected chi connectivity index (χ3v) is 2.96. The number of furan rings is 1. The van der Waals surface area contributed by atoms with Crippen LogP contribution in [0.2, 0.25) is 5.22 Å². The van der Waals surface area contributed by atoms with Gasteiger partial charge in [-0.15, -0.1) is 11.3 Å². The van der Waals surface area contributed by atoms with E-state index in [4.69, 9.17) is 16.0 Å². The Bertz CT molecular complexity index is 437. The molecule has 0 amide bonds. The van der Waals surface area contributed by atoms with Gasteiger partial charge in [-0.05, 0) is 24.6 Å². The van der Waals surface area contributed by atoms with E-state index in [1.54, 1.807) is 6.07 Å². The highest BCUT2D eigenvalue weighted by Gasteiger charge is 2.18. The Hall–Kier alpha value is -0.840. The minimum absolute atomic E-state index is 0.211. The zero-order valence-corrected chi connectivity index (χ0v) is 8.97. The van der Waals surface area contributed by atoms with E-state index in [9.17, 15) is 5.11 Å². The summed E-state index contributed by atoms with van der Waals surface area (Å²) in [6.07, 6.45) is 0.645. The quantitative estimate of drug-likeness (QED) is 0.862. The van der Waals surface area contributed by atoms with Crippen LogP contribution in [0, 0.1) is 6.92 Å². The number of aryl methyl sites for hydroxylation is 1. The van der Waals surface area contributed by atoms with Gasteiger partial charge in [-0.25, -0.2) is 4.98 Å². The van der Waals surface area contributed by atoms with E-state index in [0.29, 0.717) is 11.3 Å². The number of hydrogen-bond donors (Lipinski definition) is 1. The molecule has 74 valence electrons. The Kier molecular flexibility index (Phi) is 2.58. The molecule has 0 fully saturated rings. The molecule has 0 spiro atoms. The van der Waals surface area contributed by atoms with Crippen molar-refractivity contribution in [2.45, 2.75) is 13.0 Å². The van der Waals surface area contributed by atoms with Crippen LogP contribution in [0.25, 0.3) is 0 Å². The summed E-state index contributed by atoms with van der Waals surface area (Å²) in [6, 6.07) is 1.64. The maximum atomic E-state index is 9.87. The van der Waals surface area contributed by atoms with Gasteiger partial charge in [-0.1, -0.05) is 0 Å². The highest BCUT2D eigenvalue weighted by atomic mass is 35.5. The third kappa shape index (κ3) is 1.68. The Morgan fingerprint density at radius 2 is 2.43 bits per heavy atom. The Balaban J connectivity index is 2.33. The zero-order chi connectivity index (χ0) is 10.1. The molecule has 0 radical (unpaired) electrons. The molecule has 1 atom stereocenters. The second-order valence-corrected chi connectivity index (χ2v) is 4.25. The van der Waals surface area contributed by atoms with Crippen molar-refractivity contribution in [3.05, 3.63) is 39.2 Å². The summed E-state index contributed by atoms with van der Waals surface area (Å²) in [4.78, 5) is 4.18. The fourth-order valence-electron chi connectivity index (χ4n) is 1.16. The maximum absolute atomic E-state index is 9.87. The van der Waals surface area contributed by atoms with Crippen molar-refractivity contribution in [2.24, 2.45) is 0 Å². The van der Waals surface area contributed by atoms with Crippen molar-refractivity contribution >= 4 is 22.9 Å². The standard InChI is InChI=1S/C9H8ClNO2S/c1-5-11-7(4-14-5)8(12)6-2-3-13-9(6)10/h2-4,8,12H,1H3. The lowest BCUT2D eigenvalue weighted by Crippen LogP contribution is -1.98. The molecule has 1 N–H and O–H groups in total. The summed E-state index contributed by atoms with van der Waals surface area (Å²) in [5, 5.41) is 12.8. The molecule has 0 aliphatic heterocycles. The van der Waals surface area contributed by atoms with E-state index in [2.05, 4.69) is 4.98 Å². The summed E-state index contributed by atoms with van der Waals surface area (Å²) in [5.74, 6) is 0. The monoisotopic (exact) mass is 229 g/mol. The summed E-state index contributed by atoms with van der Waals surface area (Å²) >= 11 is 7.23. The lowest BCUT2D eigenvalue weighted by atomic mass is 10.1. The summed E-state index contributed by atoms with van der Waals surface area (Å²) in [5.41, 5.74) is 1.16. The highest BCUT2D eigenvalue weighted by Crippen LogP contribution is 2.29. The van der Waals surface area contributed by atoms with E-state index < -0.39 is 6.10 Å². The van der Waals surface area contributed by atoms with Gasteiger partial charge in [0, 0.05) is 10.9 Å². The van der Waals surface area contributed by atoms with E-state index in [0.717, 1.165) is 5.01 Å². The van der Waals surface area contributed by atoms with Crippen molar-refractivity contribution in [3.8, 4) is 0 Å². The average molecular weight is 230 g/mol. The van der Waals surface area contributed by atoms with Crippen molar-refractivity contribution in [1.82, 2.24) is 4.98 Å². The minimum atomic E-state index is -0.800. The predicted octanol–water partition coefficient (Wildman–Crippen LogP) is 2.78. The van der Waals surface area contributed by atoms with Crippen LogP contribution in [0.1, 0.15) is 22.4 Å². The molecule has 14 heavy (non-hydrogen) atoms. The first-order valence-electron chi connectivity index (χ1n) is 4.01. The smallest absolute Gasteiger partial charge is 0.199 e. The highest BCUT2D eigenvalue weighted by molar-refractivity contribution is 7.09. The molecule has 2 rings (SSSR count). The zero-order valence-electron chi connectivity index (χ0n) is 7.40. The number of aromatic nitrogens is 1. The van der Waals surface area contributed by atoms with Crippen LogP contribution in [0.3, 0.4) is 0 Å². The van der Waals surface area contributed by atoms with Gasteiger partial charge in [0.25, 0.3) is 0 Å². The van der Waals surface area contributed by atoms with Gasteiger partial charge in [0.05, 0.1) is 17.0 Å². The van der Waals surface area contributed by atoms with Crippen molar-refractivity contribution in [3.63, 3.8) is 0 Å². The third-order valence-electron chi connectivity index (χ3n) is 1.86. The molecule has 0 saturated carbocycles. The molecular weight excluding hydrogens is 222 g/mol. The Morgan fingerprint density at radius 3 is 2.93 bits per heavy atom. The second kappa shape index (κ2) is 3.73. The van der Waals surface area contributed by atoms with Gasteiger partial charge in [0.2, 0.25) is 0 Å². The molecule has 0 saturated heterocycles. The first-order chi connectivity index (χ1) is 6.68. The minimum Gasteiger partial charge on any atom is -0.453 e. The van der Waals surface area contributed by atoms with Crippen molar-refractivity contribution in [2.75, 3.05) is 0 Å². The normalized spacial score (nSPS) is 13.1. The molecule has 1 unspecified atom stereocenters. The SMILES string of the molecule is Cc1nc(C(O)c2ccoc2Cl)cs1. The number of nitrogens with zero attached hydrogens (tertiary/aromatic N) is 1. The fraction of sp³-hybridized carbons (Fsp3) is 0.222. The summed E-state index contributed by atoms with van der Waals surface area (Å²) in [6.45, 7) is 1.89. The fourth-order valence-corrected chi connectivity index (χ4v) is 2.01. The number of aliphatic hydroxyl groups excluding tert-OH is 1. The number of rotatable bonds is 2. The Morgan fingerprint density at radius 1 is 1.64 bits per heavy atom. The molecule has 2 aromatic heterocycles. The van der Waals surface area contributed by atoms with Crippen LogP contribution in [0.15, 0.2) is 22.1 Å². The number of halogens is 1. The second-order valence-electron chi connectivity index (χ2n) is 2.84. The van der Waals surface area contributed by atoms with Gasteiger partial charge in [-0.2, -0.15) is 0 Å². The van der Waals surface area contributed by atoms with Gasteiger partial charge >= 0.3 is 0 Å². The van der Waals surface area contributed by atoms with Crippen molar-refractivity contribution < 1.29 is 9.52 Å². The van der Waals surface area contributed by atoms with Crippen LogP contribution < -0.4 is 0 Å². The lowest BCUT2D eigenvalue weighted by Gasteiger charge is -2.04. The molecule has 0 aromatic carbocycles. The van der Waals surface area contributed by atoms with Crippen molar-refractivity contribution in [1.29, 1.82) is 0 Å². The average Bonchev–Trinajstić information content (AvgIpc) is 2.73. The molecular formula is C9H8ClNO2S. The van der Waals surface area contributed by atoms with Crippen LogP contribution >= 0.6 is 22.9 Å². The van der Waals surface area contributed by atoms with E-state index in [-0.39, 0.29) is 5.22 Å². The predicted molar refractivity (Wildman–Crippen MR) is 54.6 cm³/mol. The maximum Gasteiger partial charge on any atom is 0.199 e.